The second-order valence-electron chi connectivity index (χ2n) is 3.83. The van der Waals surface area contributed by atoms with E-state index in [0.29, 0.717) is 6.29 Å². The molecule has 102 valence electrons. The van der Waals surface area contributed by atoms with Crippen LogP contribution in [0.3, 0.4) is 0 Å². The third kappa shape index (κ3) is 2.56. The van der Waals surface area contributed by atoms with E-state index in [1.165, 1.54) is 0 Å². The minimum atomic E-state index is -4.83. The van der Waals surface area contributed by atoms with Crippen molar-refractivity contribution in [2.75, 3.05) is 11.4 Å². The first-order chi connectivity index (χ1) is 8.84. The highest BCUT2D eigenvalue weighted by atomic mass is 35.5. The Balaban J connectivity index is 2.42. The smallest absolute Gasteiger partial charge is 0.298 e. The average Bonchev–Trinajstić information content (AvgIpc) is 2.70. The predicted octanol–water partition coefficient (Wildman–Crippen LogP) is 0.347. The van der Waals surface area contributed by atoms with Gasteiger partial charge in [-0.15, -0.1) is 3.89 Å². The molecule has 10 heteroatoms. The highest BCUT2D eigenvalue weighted by Crippen LogP contribution is 2.28. The van der Waals surface area contributed by atoms with Gasteiger partial charge >= 0.3 is 10.2 Å². The number of aldehydes is 1. The number of carbonyl (C=O) groups is 2. The van der Waals surface area contributed by atoms with Crippen molar-refractivity contribution in [2.45, 2.75) is 11.7 Å². The second-order valence-corrected chi connectivity index (χ2v) is 5.80. The fourth-order valence-electron chi connectivity index (χ4n) is 1.75. The van der Waals surface area contributed by atoms with Crippen molar-refractivity contribution in [3.05, 3.63) is 17.0 Å². The van der Waals surface area contributed by atoms with Crippen LogP contribution in [0.25, 0.3) is 0 Å². The number of aromatic nitrogens is 2. The van der Waals surface area contributed by atoms with Crippen molar-refractivity contribution in [2.24, 2.45) is 0 Å². The molecule has 1 aromatic heterocycles. The van der Waals surface area contributed by atoms with Crippen molar-refractivity contribution in [1.29, 1.82) is 0 Å². The standard InChI is InChI=1S/C9H7ClFN3O4S/c10-8-6(3-15)9(13-4-12-8)14-2-5(1-7(14)16)19(11,17)18/h3-5H,1-2H2. The molecule has 1 amide bonds. The van der Waals surface area contributed by atoms with Gasteiger partial charge in [-0.1, -0.05) is 11.6 Å². The number of nitrogens with zero attached hydrogens (tertiary/aromatic N) is 3. The first-order valence-corrected chi connectivity index (χ1v) is 6.86. The molecule has 2 heterocycles. The molecule has 2 rings (SSSR count). The van der Waals surface area contributed by atoms with Crippen LogP contribution < -0.4 is 4.90 Å². The molecule has 1 unspecified atom stereocenters. The minimum absolute atomic E-state index is 0.119. The Morgan fingerprint density at radius 3 is 2.68 bits per heavy atom. The van der Waals surface area contributed by atoms with Gasteiger partial charge in [0.1, 0.15) is 16.7 Å². The Kier molecular flexibility index (Phi) is 3.50. The zero-order valence-electron chi connectivity index (χ0n) is 9.29. The van der Waals surface area contributed by atoms with Gasteiger partial charge in [0, 0.05) is 13.0 Å². The summed E-state index contributed by atoms with van der Waals surface area (Å²) in [6.45, 7) is -0.411. The van der Waals surface area contributed by atoms with Gasteiger partial charge in [-0.2, -0.15) is 8.42 Å². The number of carbonyl (C=O) groups excluding carboxylic acids is 2. The van der Waals surface area contributed by atoms with E-state index in [4.69, 9.17) is 11.6 Å². The SMILES string of the molecule is O=Cc1c(Cl)ncnc1N1CC(S(=O)(=O)F)CC1=O. The fraction of sp³-hybridized carbons (Fsp3) is 0.333. The van der Waals surface area contributed by atoms with Gasteiger partial charge in [-0.3, -0.25) is 14.5 Å². The molecule has 1 saturated heterocycles. The number of amides is 1. The summed E-state index contributed by atoms with van der Waals surface area (Å²) in [5.41, 5.74) is -0.144. The van der Waals surface area contributed by atoms with Crippen LogP contribution in [-0.2, 0) is 15.0 Å². The summed E-state index contributed by atoms with van der Waals surface area (Å²) in [5.74, 6) is -0.768. The topological polar surface area (TPSA) is 97.3 Å². The van der Waals surface area contributed by atoms with Crippen LogP contribution in [0.5, 0.6) is 0 Å². The van der Waals surface area contributed by atoms with Crippen molar-refractivity contribution in [1.82, 2.24) is 9.97 Å². The number of rotatable bonds is 3. The molecular formula is C9H7ClFN3O4S. The first-order valence-electron chi connectivity index (χ1n) is 5.04. The summed E-state index contributed by atoms with van der Waals surface area (Å²) in [5, 5.41) is -1.63. The molecule has 0 spiro atoms. The van der Waals surface area contributed by atoms with Crippen molar-refractivity contribution in [3.8, 4) is 0 Å². The van der Waals surface area contributed by atoms with E-state index in [9.17, 15) is 21.9 Å². The van der Waals surface area contributed by atoms with Gasteiger partial charge in [-0.25, -0.2) is 9.97 Å². The molecule has 0 aromatic carbocycles. The zero-order chi connectivity index (χ0) is 14.2. The van der Waals surface area contributed by atoms with Crippen LogP contribution in [0, 0.1) is 0 Å². The van der Waals surface area contributed by atoms with Gasteiger partial charge in [0.25, 0.3) is 0 Å². The Morgan fingerprint density at radius 2 is 2.16 bits per heavy atom. The second kappa shape index (κ2) is 4.82. The molecule has 1 aliphatic heterocycles. The van der Waals surface area contributed by atoms with Crippen molar-refractivity contribution in [3.63, 3.8) is 0 Å². The maximum Gasteiger partial charge on any atom is 0.307 e. The molecule has 1 fully saturated rings. The van der Waals surface area contributed by atoms with E-state index in [1.807, 2.05) is 0 Å². The molecular weight excluding hydrogens is 301 g/mol. The number of anilines is 1. The Hall–Kier alpha value is -1.61. The van der Waals surface area contributed by atoms with E-state index in [-0.39, 0.29) is 16.5 Å². The van der Waals surface area contributed by atoms with Crippen molar-refractivity contribution >= 4 is 39.8 Å². The monoisotopic (exact) mass is 307 g/mol. The lowest BCUT2D eigenvalue weighted by Gasteiger charge is -2.16. The summed E-state index contributed by atoms with van der Waals surface area (Å²) in [6, 6.07) is 0. The lowest BCUT2D eigenvalue weighted by Crippen LogP contribution is -2.29. The molecule has 0 N–H and O–H groups in total. The van der Waals surface area contributed by atoms with Gasteiger partial charge in [0.15, 0.2) is 12.1 Å². The molecule has 1 atom stereocenters. The van der Waals surface area contributed by atoms with Crippen LogP contribution >= 0.6 is 11.6 Å². The number of hydrogen-bond donors (Lipinski definition) is 0. The highest BCUT2D eigenvalue weighted by molar-refractivity contribution is 7.87. The first kappa shape index (κ1) is 13.8. The summed E-state index contributed by atoms with van der Waals surface area (Å²) in [4.78, 5) is 30.8. The average molecular weight is 308 g/mol. The third-order valence-electron chi connectivity index (χ3n) is 2.68. The van der Waals surface area contributed by atoms with E-state index in [2.05, 4.69) is 9.97 Å². The summed E-state index contributed by atoms with van der Waals surface area (Å²) < 4.78 is 34.5. The van der Waals surface area contributed by atoms with E-state index in [0.717, 1.165) is 11.2 Å². The largest absolute Gasteiger partial charge is 0.307 e. The zero-order valence-corrected chi connectivity index (χ0v) is 10.9. The normalized spacial score (nSPS) is 19.8. The van der Waals surface area contributed by atoms with Crippen LogP contribution in [0.4, 0.5) is 9.70 Å². The molecule has 0 radical (unpaired) electrons. The Bertz CT molecular complexity index is 651. The molecule has 1 aromatic rings. The Morgan fingerprint density at radius 1 is 1.47 bits per heavy atom. The van der Waals surface area contributed by atoms with Crippen molar-refractivity contribution < 1.29 is 21.9 Å². The number of halogens is 2. The van der Waals surface area contributed by atoms with Crippen LogP contribution in [0.2, 0.25) is 5.15 Å². The quantitative estimate of drug-likeness (QED) is 0.454. The maximum atomic E-state index is 12.9. The lowest BCUT2D eigenvalue weighted by molar-refractivity contribution is -0.117. The van der Waals surface area contributed by atoms with E-state index in [1.54, 1.807) is 0 Å². The number of hydrogen-bond acceptors (Lipinski definition) is 6. The maximum absolute atomic E-state index is 12.9. The molecule has 19 heavy (non-hydrogen) atoms. The van der Waals surface area contributed by atoms with Crippen LogP contribution in [0.15, 0.2) is 6.33 Å². The predicted molar refractivity (Wildman–Crippen MR) is 63.2 cm³/mol. The van der Waals surface area contributed by atoms with E-state index < -0.39 is 34.3 Å². The summed E-state index contributed by atoms with van der Waals surface area (Å²) in [6.07, 6.45) is 0.871. The summed E-state index contributed by atoms with van der Waals surface area (Å²) in [7, 11) is -4.83. The van der Waals surface area contributed by atoms with Gasteiger partial charge in [0.2, 0.25) is 5.91 Å². The minimum Gasteiger partial charge on any atom is -0.298 e. The molecule has 0 bridgehead atoms. The lowest BCUT2D eigenvalue weighted by atomic mass is 10.3. The van der Waals surface area contributed by atoms with Gasteiger partial charge in [0.05, 0.1) is 5.56 Å². The van der Waals surface area contributed by atoms with Gasteiger partial charge in [-0.05, 0) is 0 Å². The Labute approximate surface area is 112 Å². The van der Waals surface area contributed by atoms with E-state index >= 15 is 0 Å². The summed E-state index contributed by atoms with van der Waals surface area (Å²) >= 11 is 5.67. The molecule has 0 aliphatic carbocycles. The highest BCUT2D eigenvalue weighted by Gasteiger charge is 2.40. The third-order valence-corrected chi connectivity index (χ3v) is 4.09. The molecule has 0 saturated carbocycles. The van der Waals surface area contributed by atoms with Gasteiger partial charge < -0.3 is 0 Å². The van der Waals surface area contributed by atoms with Crippen LogP contribution in [-0.4, -0.2) is 42.4 Å². The molecule has 7 nitrogen and oxygen atoms in total. The molecule has 1 aliphatic rings. The fourth-order valence-corrected chi connectivity index (χ4v) is 2.59. The van der Waals surface area contributed by atoms with Crippen LogP contribution in [0.1, 0.15) is 16.8 Å².